The van der Waals surface area contributed by atoms with E-state index in [1.807, 2.05) is 30.3 Å². The molecule has 0 aromatic heterocycles. The molecule has 2 rings (SSSR count). The third-order valence-corrected chi connectivity index (χ3v) is 6.49. The van der Waals surface area contributed by atoms with Crippen molar-refractivity contribution < 1.29 is 28.6 Å². The molecule has 6 nitrogen and oxygen atoms in total. The number of carbonyl (C=O) groups is 1. The van der Waals surface area contributed by atoms with E-state index >= 15 is 0 Å². The topological polar surface area (TPSA) is 82.1 Å². The Labute approximate surface area is 147 Å². The van der Waals surface area contributed by atoms with Crippen LogP contribution in [0.3, 0.4) is 0 Å². The average Bonchev–Trinajstić information content (AvgIpc) is 2.61. The van der Waals surface area contributed by atoms with E-state index in [0.29, 0.717) is 0 Å². The molecule has 0 radical (unpaired) electrons. The second-order valence-electron chi connectivity index (χ2n) is 5.65. The molecule has 0 aliphatic heterocycles. The van der Waals surface area contributed by atoms with Crippen molar-refractivity contribution >= 4 is 24.3 Å². The van der Waals surface area contributed by atoms with Gasteiger partial charge in [-0.15, -0.1) is 0 Å². The van der Waals surface area contributed by atoms with E-state index in [0.717, 1.165) is 10.8 Å². The highest BCUT2D eigenvalue weighted by molar-refractivity contribution is 7.55. The van der Waals surface area contributed by atoms with Crippen molar-refractivity contribution in [3.05, 3.63) is 42.5 Å². The number of rotatable bonds is 8. The molecular formula is C18H23O6P. The zero-order valence-corrected chi connectivity index (χ0v) is 15.5. The first-order valence-corrected chi connectivity index (χ1v) is 9.83. The van der Waals surface area contributed by atoms with Gasteiger partial charge in [-0.05, 0) is 42.7 Å². The third-order valence-electron chi connectivity index (χ3n) is 4.32. The van der Waals surface area contributed by atoms with Crippen LogP contribution in [0.2, 0.25) is 0 Å². The molecule has 0 spiro atoms. The van der Waals surface area contributed by atoms with E-state index in [4.69, 9.17) is 14.3 Å². The van der Waals surface area contributed by atoms with E-state index in [-0.39, 0.29) is 25.2 Å². The lowest BCUT2D eigenvalue weighted by atomic mass is 10.0. The molecular weight excluding hydrogens is 343 g/mol. The van der Waals surface area contributed by atoms with Crippen LogP contribution < -0.4 is 4.89 Å². The minimum atomic E-state index is -4.44. The van der Waals surface area contributed by atoms with Crippen LogP contribution >= 0.6 is 7.60 Å². The molecule has 0 bridgehead atoms. The molecule has 0 heterocycles. The summed E-state index contributed by atoms with van der Waals surface area (Å²) in [7, 11) is -4.44. The van der Waals surface area contributed by atoms with E-state index in [2.05, 4.69) is 0 Å². The summed E-state index contributed by atoms with van der Waals surface area (Å²) < 4.78 is 22.6. The fourth-order valence-corrected chi connectivity index (χ4v) is 4.13. The first-order valence-electron chi connectivity index (χ1n) is 8.25. The first kappa shape index (κ1) is 19.4. The number of carbonyl (C=O) groups excluding carboxylic acids is 1. The fourth-order valence-electron chi connectivity index (χ4n) is 2.70. The van der Waals surface area contributed by atoms with Gasteiger partial charge < -0.3 is 14.5 Å². The number of benzene rings is 2. The quantitative estimate of drug-likeness (QED) is 0.321. The summed E-state index contributed by atoms with van der Waals surface area (Å²) in [6.07, 6.45) is 0.189. The van der Waals surface area contributed by atoms with Crippen LogP contribution in [0.1, 0.15) is 33.6 Å². The lowest BCUT2D eigenvalue weighted by Crippen LogP contribution is -2.39. The van der Waals surface area contributed by atoms with Gasteiger partial charge in [0.2, 0.25) is 0 Å². The molecule has 7 heteroatoms. The zero-order valence-electron chi connectivity index (χ0n) is 14.6. The van der Waals surface area contributed by atoms with Gasteiger partial charge >= 0.3 is 13.6 Å². The van der Waals surface area contributed by atoms with E-state index < -0.39 is 18.7 Å². The smallest absolute Gasteiger partial charge is 0.383 e. The lowest BCUT2D eigenvalue weighted by molar-refractivity contribution is -0.151. The van der Waals surface area contributed by atoms with Crippen molar-refractivity contribution in [3.63, 3.8) is 0 Å². The van der Waals surface area contributed by atoms with Crippen LogP contribution in [0.25, 0.3) is 10.8 Å². The van der Waals surface area contributed by atoms with Gasteiger partial charge in [-0.3, -0.25) is 9.36 Å². The van der Waals surface area contributed by atoms with Crippen LogP contribution in [-0.4, -0.2) is 22.6 Å². The van der Waals surface area contributed by atoms with E-state index in [1.165, 1.54) is 0 Å². The average molecular weight is 366 g/mol. The summed E-state index contributed by atoms with van der Waals surface area (Å²) in [5.41, 5.74) is 0. The predicted molar refractivity (Wildman–Crippen MR) is 95.4 cm³/mol. The summed E-state index contributed by atoms with van der Waals surface area (Å²) >= 11 is 0. The molecule has 0 aliphatic carbocycles. The minimum Gasteiger partial charge on any atom is -0.465 e. The maximum atomic E-state index is 12.8. The molecule has 0 saturated carbocycles. The Hall–Kier alpha value is -1.88. The molecule has 0 saturated heterocycles. The van der Waals surface area contributed by atoms with Crippen LogP contribution in [0, 0.1) is 0 Å². The van der Waals surface area contributed by atoms with Crippen molar-refractivity contribution in [2.75, 3.05) is 6.61 Å². The van der Waals surface area contributed by atoms with E-state index in [1.54, 1.807) is 32.9 Å². The predicted octanol–water partition coefficient (Wildman–Crippen LogP) is 4.46. The second kappa shape index (κ2) is 8.00. The molecule has 136 valence electrons. The summed E-state index contributed by atoms with van der Waals surface area (Å²) in [5, 5.41) is 0.254. The van der Waals surface area contributed by atoms with Crippen molar-refractivity contribution in [1.29, 1.82) is 0 Å². The Bertz CT molecular complexity index is 784. The van der Waals surface area contributed by atoms with Crippen molar-refractivity contribution in [3.8, 4) is 5.75 Å². The maximum absolute atomic E-state index is 12.8. The van der Waals surface area contributed by atoms with Crippen LogP contribution in [0.5, 0.6) is 5.75 Å². The van der Waals surface area contributed by atoms with Crippen molar-refractivity contribution in [1.82, 2.24) is 0 Å². The van der Waals surface area contributed by atoms with Gasteiger partial charge in [0.1, 0.15) is 0 Å². The van der Waals surface area contributed by atoms with Gasteiger partial charge in [-0.1, -0.05) is 48.9 Å². The van der Waals surface area contributed by atoms with Gasteiger partial charge in [0.05, 0.1) is 6.61 Å². The molecule has 2 aromatic carbocycles. The Morgan fingerprint density at radius 3 is 2.32 bits per heavy atom. The zero-order chi connectivity index (χ0) is 18.5. The Morgan fingerprint density at radius 2 is 1.72 bits per heavy atom. The summed E-state index contributed by atoms with van der Waals surface area (Å²) in [5.74, 6) is -0.481. The normalized spacial score (nSPS) is 14.1. The SMILES string of the molecule is CCOC(=O)C(CC)(CC)P(=O)(O)OOc1ccc2ccccc2c1. The monoisotopic (exact) mass is 366 g/mol. The molecule has 1 N–H and O–H groups in total. The maximum Gasteiger partial charge on any atom is 0.383 e. The molecule has 1 atom stereocenters. The van der Waals surface area contributed by atoms with Crippen molar-refractivity contribution in [2.24, 2.45) is 0 Å². The standard InChI is InChI=1S/C18H23O6P/c1-4-18(5-2,17(19)22-6-3)25(20,21)24-23-16-12-11-14-9-7-8-10-15(14)13-16/h7-13H,4-6H2,1-3H3,(H,20,21). The number of hydrogen-bond acceptors (Lipinski definition) is 5. The van der Waals surface area contributed by atoms with Gasteiger partial charge in [0.25, 0.3) is 0 Å². The second-order valence-corrected chi connectivity index (χ2v) is 7.69. The summed E-state index contributed by atoms with van der Waals surface area (Å²) in [6, 6.07) is 12.8. The number of fused-ring (bicyclic) bond motifs is 1. The molecule has 0 aliphatic rings. The molecule has 2 aromatic rings. The van der Waals surface area contributed by atoms with Crippen LogP contribution in [0.4, 0.5) is 0 Å². The van der Waals surface area contributed by atoms with Crippen LogP contribution in [-0.2, 0) is 18.8 Å². The fraction of sp³-hybridized carbons (Fsp3) is 0.389. The Morgan fingerprint density at radius 1 is 1.08 bits per heavy atom. The van der Waals surface area contributed by atoms with Gasteiger partial charge in [-0.2, -0.15) is 0 Å². The van der Waals surface area contributed by atoms with Gasteiger partial charge in [0.15, 0.2) is 10.9 Å². The lowest BCUT2D eigenvalue weighted by Gasteiger charge is -2.31. The Balaban J connectivity index is 2.22. The van der Waals surface area contributed by atoms with Gasteiger partial charge in [-0.25, -0.2) is 0 Å². The highest BCUT2D eigenvalue weighted by Crippen LogP contribution is 2.59. The first-order chi connectivity index (χ1) is 11.9. The van der Waals surface area contributed by atoms with E-state index in [9.17, 15) is 14.3 Å². The highest BCUT2D eigenvalue weighted by atomic mass is 31.2. The summed E-state index contributed by atoms with van der Waals surface area (Å²) in [4.78, 5) is 27.8. The highest BCUT2D eigenvalue weighted by Gasteiger charge is 2.55. The number of ether oxygens (including phenoxy) is 1. The minimum absolute atomic E-state index is 0.0944. The third kappa shape index (κ3) is 3.87. The number of hydrogen-bond donors (Lipinski definition) is 1. The largest absolute Gasteiger partial charge is 0.465 e. The van der Waals surface area contributed by atoms with Gasteiger partial charge in [0, 0.05) is 0 Å². The summed E-state index contributed by atoms with van der Waals surface area (Å²) in [6.45, 7) is 5.04. The number of esters is 1. The molecule has 1 unspecified atom stereocenters. The molecule has 25 heavy (non-hydrogen) atoms. The molecule has 0 fully saturated rings. The Kier molecular flexibility index (Phi) is 6.22. The molecule has 0 amide bonds. The van der Waals surface area contributed by atoms with Crippen LogP contribution in [0.15, 0.2) is 42.5 Å². The van der Waals surface area contributed by atoms with Crippen molar-refractivity contribution in [2.45, 2.75) is 38.8 Å².